The third kappa shape index (κ3) is 2.16. The van der Waals surface area contributed by atoms with Crippen molar-refractivity contribution in [2.45, 2.75) is 6.92 Å². The molecular formula is C15H11N3O3. The van der Waals surface area contributed by atoms with E-state index in [4.69, 9.17) is 0 Å². The van der Waals surface area contributed by atoms with Crippen LogP contribution in [0.3, 0.4) is 0 Å². The van der Waals surface area contributed by atoms with E-state index in [1.807, 2.05) is 6.07 Å². The Bertz CT molecular complexity index is 970. The van der Waals surface area contributed by atoms with E-state index in [-0.39, 0.29) is 5.56 Å². The number of rotatable bonds is 2. The monoisotopic (exact) mass is 281 g/mol. The highest BCUT2D eigenvalue weighted by Gasteiger charge is 2.12. The van der Waals surface area contributed by atoms with E-state index in [1.165, 1.54) is 6.92 Å². The number of fused-ring (bicyclic) bond motifs is 1. The van der Waals surface area contributed by atoms with Crippen molar-refractivity contribution in [2.75, 3.05) is 0 Å². The van der Waals surface area contributed by atoms with Crippen LogP contribution < -0.4 is 11.2 Å². The van der Waals surface area contributed by atoms with Gasteiger partial charge in [0.05, 0.1) is 16.8 Å². The average Bonchev–Trinajstić information content (AvgIpc) is 2.47. The Morgan fingerprint density at radius 2 is 2.05 bits per heavy atom. The van der Waals surface area contributed by atoms with Crippen molar-refractivity contribution in [3.05, 3.63) is 69.1 Å². The molecule has 0 bridgehead atoms. The second-order valence-electron chi connectivity index (χ2n) is 4.58. The molecule has 0 atom stereocenters. The van der Waals surface area contributed by atoms with Crippen LogP contribution in [0, 0.1) is 0 Å². The highest BCUT2D eigenvalue weighted by atomic mass is 16.2. The van der Waals surface area contributed by atoms with E-state index in [1.54, 1.807) is 30.5 Å². The van der Waals surface area contributed by atoms with Crippen molar-refractivity contribution in [2.24, 2.45) is 0 Å². The maximum Gasteiger partial charge on any atom is 0.333 e. The van der Waals surface area contributed by atoms with E-state index in [2.05, 4.69) is 9.97 Å². The van der Waals surface area contributed by atoms with Gasteiger partial charge in [-0.1, -0.05) is 6.07 Å². The van der Waals surface area contributed by atoms with Gasteiger partial charge in [0.1, 0.15) is 0 Å². The summed E-state index contributed by atoms with van der Waals surface area (Å²) in [5, 5.41) is 0.800. The number of nitrogens with one attached hydrogen (secondary N) is 1. The zero-order chi connectivity index (χ0) is 15.0. The van der Waals surface area contributed by atoms with Gasteiger partial charge in [-0.15, -0.1) is 0 Å². The zero-order valence-corrected chi connectivity index (χ0v) is 11.2. The molecule has 3 rings (SSSR count). The van der Waals surface area contributed by atoms with Crippen LogP contribution in [-0.2, 0) is 0 Å². The van der Waals surface area contributed by atoms with E-state index in [9.17, 15) is 14.4 Å². The molecule has 0 fully saturated rings. The molecule has 3 aromatic rings. The normalized spacial score (nSPS) is 10.7. The van der Waals surface area contributed by atoms with Gasteiger partial charge in [-0.2, -0.15) is 0 Å². The quantitative estimate of drug-likeness (QED) is 0.717. The van der Waals surface area contributed by atoms with Gasteiger partial charge in [0.2, 0.25) is 0 Å². The first kappa shape index (κ1) is 13.0. The number of carbonyl (C=O) groups is 1. The Morgan fingerprint density at radius 1 is 1.24 bits per heavy atom. The second-order valence-corrected chi connectivity index (χ2v) is 4.58. The molecular weight excluding hydrogens is 270 g/mol. The van der Waals surface area contributed by atoms with Crippen LogP contribution in [0.15, 0.2) is 52.3 Å². The molecule has 0 amide bonds. The molecule has 21 heavy (non-hydrogen) atoms. The predicted octanol–water partition coefficient (Wildman–Crippen LogP) is 1.28. The molecule has 2 aromatic heterocycles. The van der Waals surface area contributed by atoms with Gasteiger partial charge < -0.3 is 4.98 Å². The smallest absolute Gasteiger partial charge is 0.313 e. The summed E-state index contributed by atoms with van der Waals surface area (Å²) in [5.74, 6) is -0.396. The lowest BCUT2D eigenvalue weighted by Crippen LogP contribution is -2.36. The van der Waals surface area contributed by atoms with Crippen LogP contribution >= 0.6 is 0 Å². The van der Waals surface area contributed by atoms with Crippen LogP contribution in [0.25, 0.3) is 16.6 Å². The number of aromatic nitrogens is 3. The first-order valence-corrected chi connectivity index (χ1v) is 6.29. The van der Waals surface area contributed by atoms with Gasteiger partial charge >= 0.3 is 5.69 Å². The molecule has 0 aliphatic carbocycles. The second kappa shape index (κ2) is 4.82. The number of hydrogen-bond donors (Lipinski definition) is 1. The molecule has 104 valence electrons. The standard InChI is InChI=1S/C15H11N3O3/c1-9(19)12-8-17-15(21)18(14(12)20)11-4-5-13-10(7-11)3-2-6-16-13/h2-8H,1H3,(H,17,21). The lowest BCUT2D eigenvalue weighted by molar-refractivity contribution is 0.101. The third-order valence-electron chi connectivity index (χ3n) is 3.20. The summed E-state index contributed by atoms with van der Waals surface area (Å²) in [6.07, 6.45) is 2.81. The molecule has 0 saturated heterocycles. The minimum Gasteiger partial charge on any atom is -0.313 e. The number of ketones is 1. The van der Waals surface area contributed by atoms with Gasteiger partial charge in [0.15, 0.2) is 5.78 Å². The summed E-state index contributed by atoms with van der Waals surface area (Å²) in [6.45, 7) is 1.28. The van der Waals surface area contributed by atoms with Crippen LogP contribution in [0.1, 0.15) is 17.3 Å². The molecule has 2 heterocycles. The molecule has 6 nitrogen and oxygen atoms in total. The van der Waals surface area contributed by atoms with Crippen molar-refractivity contribution in [1.29, 1.82) is 0 Å². The fraction of sp³-hybridized carbons (Fsp3) is 0.0667. The lowest BCUT2D eigenvalue weighted by atomic mass is 10.2. The van der Waals surface area contributed by atoms with Crippen molar-refractivity contribution in [1.82, 2.24) is 14.5 Å². The van der Waals surface area contributed by atoms with Crippen molar-refractivity contribution < 1.29 is 4.79 Å². The van der Waals surface area contributed by atoms with Crippen molar-refractivity contribution in [3.8, 4) is 5.69 Å². The number of nitrogens with zero attached hydrogens (tertiary/aromatic N) is 2. The SMILES string of the molecule is CC(=O)c1c[nH]c(=O)n(-c2ccc3ncccc3c2)c1=O. The lowest BCUT2D eigenvalue weighted by Gasteiger charge is -2.06. The summed E-state index contributed by atoms with van der Waals surface area (Å²) < 4.78 is 0.948. The molecule has 0 spiro atoms. The van der Waals surface area contributed by atoms with Gasteiger partial charge in [-0.25, -0.2) is 9.36 Å². The van der Waals surface area contributed by atoms with E-state index < -0.39 is 17.0 Å². The molecule has 0 unspecified atom stereocenters. The molecule has 1 aromatic carbocycles. The highest BCUT2D eigenvalue weighted by Crippen LogP contribution is 2.14. The topological polar surface area (TPSA) is 84.8 Å². The molecule has 0 saturated carbocycles. The fourth-order valence-electron chi connectivity index (χ4n) is 2.16. The minimum absolute atomic E-state index is 0.0547. The van der Waals surface area contributed by atoms with Gasteiger partial charge in [-0.05, 0) is 31.2 Å². The van der Waals surface area contributed by atoms with Crippen LogP contribution in [0.4, 0.5) is 0 Å². The Morgan fingerprint density at radius 3 is 2.81 bits per heavy atom. The third-order valence-corrected chi connectivity index (χ3v) is 3.20. The van der Waals surface area contributed by atoms with Crippen molar-refractivity contribution >= 4 is 16.7 Å². The van der Waals surface area contributed by atoms with Crippen molar-refractivity contribution in [3.63, 3.8) is 0 Å². The zero-order valence-electron chi connectivity index (χ0n) is 11.2. The Balaban J connectivity index is 2.32. The number of benzene rings is 1. The maximum absolute atomic E-state index is 12.3. The van der Waals surface area contributed by atoms with Gasteiger partial charge in [-0.3, -0.25) is 14.6 Å². The predicted molar refractivity (Wildman–Crippen MR) is 78.0 cm³/mol. The van der Waals surface area contributed by atoms with Crippen LogP contribution in [0.2, 0.25) is 0 Å². The Hall–Kier alpha value is -3.02. The molecule has 0 radical (unpaired) electrons. The molecule has 1 N–H and O–H groups in total. The molecule has 0 aliphatic rings. The fourth-order valence-corrected chi connectivity index (χ4v) is 2.16. The van der Waals surface area contributed by atoms with E-state index in [0.29, 0.717) is 5.69 Å². The number of H-pyrrole nitrogens is 1. The van der Waals surface area contributed by atoms with Crippen LogP contribution in [0.5, 0.6) is 0 Å². The summed E-state index contributed by atoms with van der Waals surface area (Å²) >= 11 is 0. The minimum atomic E-state index is -0.630. The number of aromatic amines is 1. The Kier molecular flexibility index (Phi) is 2.98. The number of hydrogen-bond acceptors (Lipinski definition) is 4. The van der Waals surface area contributed by atoms with Crippen LogP contribution in [-0.4, -0.2) is 20.3 Å². The largest absolute Gasteiger partial charge is 0.333 e. The highest BCUT2D eigenvalue weighted by molar-refractivity contribution is 5.93. The van der Waals surface area contributed by atoms with Gasteiger partial charge in [0, 0.05) is 17.8 Å². The summed E-state index contributed by atoms with van der Waals surface area (Å²) in [7, 11) is 0. The first-order valence-electron chi connectivity index (χ1n) is 6.29. The molecule has 6 heteroatoms. The molecule has 0 aliphatic heterocycles. The first-order chi connectivity index (χ1) is 10.1. The Labute approximate surface area is 118 Å². The maximum atomic E-state index is 12.3. The van der Waals surface area contributed by atoms with E-state index in [0.717, 1.165) is 21.7 Å². The summed E-state index contributed by atoms with van der Waals surface area (Å²) in [4.78, 5) is 42.2. The van der Waals surface area contributed by atoms with Gasteiger partial charge in [0.25, 0.3) is 5.56 Å². The number of carbonyl (C=O) groups excluding carboxylic acids is 1. The van der Waals surface area contributed by atoms with E-state index >= 15 is 0 Å². The average molecular weight is 281 g/mol. The number of pyridine rings is 1. The summed E-state index contributed by atoms with van der Waals surface area (Å²) in [6, 6.07) is 8.63. The number of Topliss-reactive ketones (excluding diaryl/α,β-unsaturated/α-hetero) is 1. The summed E-state index contributed by atoms with van der Waals surface area (Å²) in [5.41, 5.74) is -0.123.